The van der Waals surface area contributed by atoms with Crippen LogP contribution in [0.4, 0.5) is 0 Å². The Morgan fingerprint density at radius 3 is 2.53 bits per heavy atom. The lowest BCUT2D eigenvalue weighted by molar-refractivity contribution is 0.112. The smallest absolute Gasteiger partial charge is 0.155 e. The van der Waals surface area contributed by atoms with E-state index in [0.717, 1.165) is 11.3 Å². The van der Waals surface area contributed by atoms with Crippen LogP contribution in [0.3, 0.4) is 0 Å². The van der Waals surface area contributed by atoms with Gasteiger partial charge in [-0.2, -0.15) is 0 Å². The van der Waals surface area contributed by atoms with E-state index in [1.807, 2.05) is 31.2 Å². The maximum Gasteiger partial charge on any atom is 0.155 e. The minimum absolute atomic E-state index is 0.173. The van der Waals surface area contributed by atoms with Crippen molar-refractivity contribution in [3.8, 4) is 17.0 Å². The van der Waals surface area contributed by atoms with E-state index in [-0.39, 0.29) is 5.15 Å². The van der Waals surface area contributed by atoms with Gasteiger partial charge in [-0.05, 0) is 38.1 Å². The Balaban J connectivity index is 2.48. The summed E-state index contributed by atoms with van der Waals surface area (Å²) in [5.74, 6) is 1.30. The molecule has 0 saturated heterocycles. The largest absolute Gasteiger partial charge is 0.494 e. The maximum atomic E-state index is 11.1. The van der Waals surface area contributed by atoms with Crippen LogP contribution in [0.1, 0.15) is 23.1 Å². The van der Waals surface area contributed by atoms with E-state index in [9.17, 15) is 4.79 Å². The monoisotopic (exact) mass is 276 g/mol. The Kier molecular flexibility index (Phi) is 4.12. The van der Waals surface area contributed by atoms with Crippen molar-refractivity contribution >= 4 is 17.9 Å². The van der Waals surface area contributed by atoms with Crippen molar-refractivity contribution in [2.45, 2.75) is 13.8 Å². The lowest BCUT2D eigenvalue weighted by atomic mass is 10.1. The normalized spacial score (nSPS) is 10.3. The van der Waals surface area contributed by atoms with Crippen LogP contribution >= 0.6 is 11.6 Å². The second-order valence-electron chi connectivity index (χ2n) is 3.90. The lowest BCUT2D eigenvalue weighted by Gasteiger charge is -2.08. The number of aryl methyl sites for hydroxylation is 1. The molecule has 98 valence electrons. The Bertz CT molecular complexity index is 597. The van der Waals surface area contributed by atoms with Gasteiger partial charge in [-0.3, -0.25) is 4.79 Å². The number of carbonyl (C=O) groups excluding carboxylic acids is 1. The van der Waals surface area contributed by atoms with Crippen LogP contribution in [0.2, 0.25) is 5.15 Å². The molecule has 2 aromatic rings. The predicted molar refractivity (Wildman–Crippen MR) is 73.8 cm³/mol. The molecule has 0 N–H and O–H groups in total. The highest BCUT2D eigenvalue weighted by Crippen LogP contribution is 2.26. The van der Waals surface area contributed by atoms with E-state index in [4.69, 9.17) is 16.3 Å². The number of ether oxygens (including phenoxy) is 1. The summed E-state index contributed by atoms with van der Waals surface area (Å²) in [7, 11) is 0. The number of hydrogen-bond donors (Lipinski definition) is 0. The highest BCUT2D eigenvalue weighted by molar-refractivity contribution is 6.32. The number of halogens is 1. The number of hydrogen-bond acceptors (Lipinski definition) is 4. The molecule has 4 nitrogen and oxygen atoms in total. The van der Waals surface area contributed by atoms with Crippen molar-refractivity contribution in [2.24, 2.45) is 0 Å². The minimum Gasteiger partial charge on any atom is -0.494 e. The van der Waals surface area contributed by atoms with Crippen LogP contribution in [0.5, 0.6) is 5.75 Å². The Hall–Kier alpha value is -1.94. The zero-order chi connectivity index (χ0) is 13.8. The van der Waals surface area contributed by atoms with Crippen LogP contribution < -0.4 is 4.74 Å². The molecule has 0 amide bonds. The molecule has 5 heteroatoms. The SMILES string of the molecule is CCOc1ccc(-c2nc(C)nc(Cl)c2C=O)cc1. The summed E-state index contributed by atoms with van der Waals surface area (Å²) in [4.78, 5) is 19.4. The Labute approximate surface area is 116 Å². The van der Waals surface area contributed by atoms with Gasteiger partial charge in [-0.1, -0.05) is 11.6 Å². The number of nitrogens with zero attached hydrogens (tertiary/aromatic N) is 2. The summed E-state index contributed by atoms with van der Waals surface area (Å²) >= 11 is 5.96. The zero-order valence-corrected chi connectivity index (χ0v) is 11.4. The maximum absolute atomic E-state index is 11.1. The average molecular weight is 277 g/mol. The second kappa shape index (κ2) is 5.80. The first kappa shape index (κ1) is 13.5. The van der Waals surface area contributed by atoms with Crippen LogP contribution in [0.25, 0.3) is 11.3 Å². The van der Waals surface area contributed by atoms with E-state index in [1.54, 1.807) is 6.92 Å². The van der Waals surface area contributed by atoms with Crippen molar-refractivity contribution in [1.29, 1.82) is 0 Å². The molecule has 0 radical (unpaired) electrons. The van der Waals surface area contributed by atoms with Gasteiger partial charge in [0.2, 0.25) is 0 Å². The fourth-order valence-corrected chi connectivity index (χ4v) is 2.00. The van der Waals surface area contributed by atoms with Gasteiger partial charge in [0.05, 0.1) is 17.9 Å². The third-order valence-corrected chi connectivity index (χ3v) is 2.86. The van der Waals surface area contributed by atoms with Gasteiger partial charge in [0, 0.05) is 5.56 Å². The third kappa shape index (κ3) is 2.90. The molecular formula is C14H13ClN2O2. The first-order valence-electron chi connectivity index (χ1n) is 5.88. The number of rotatable bonds is 4. The fraction of sp³-hybridized carbons (Fsp3) is 0.214. The molecule has 0 spiro atoms. The lowest BCUT2D eigenvalue weighted by Crippen LogP contribution is -1.99. The standard InChI is InChI=1S/C14H13ClN2O2/c1-3-19-11-6-4-10(5-7-11)13-12(8-18)14(15)17-9(2)16-13/h4-8H,3H2,1-2H3. The van der Waals surface area contributed by atoms with Crippen molar-refractivity contribution < 1.29 is 9.53 Å². The summed E-state index contributed by atoms with van der Waals surface area (Å²) < 4.78 is 5.37. The quantitative estimate of drug-likeness (QED) is 0.635. The molecule has 0 atom stereocenters. The summed E-state index contributed by atoms with van der Waals surface area (Å²) in [5.41, 5.74) is 1.64. The van der Waals surface area contributed by atoms with E-state index < -0.39 is 0 Å². The predicted octanol–water partition coefficient (Wildman–Crippen LogP) is 3.32. The van der Waals surface area contributed by atoms with Gasteiger partial charge in [0.15, 0.2) is 6.29 Å². The van der Waals surface area contributed by atoms with E-state index >= 15 is 0 Å². The fourth-order valence-electron chi connectivity index (χ4n) is 1.75. The molecule has 1 aromatic carbocycles. The Morgan fingerprint density at radius 2 is 1.95 bits per heavy atom. The van der Waals surface area contributed by atoms with Crippen LogP contribution in [0, 0.1) is 6.92 Å². The van der Waals surface area contributed by atoms with Gasteiger partial charge in [-0.15, -0.1) is 0 Å². The molecule has 0 aliphatic rings. The number of aromatic nitrogens is 2. The van der Waals surface area contributed by atoms with Crippen molar-refractivity contribution in [2.75, 3.05) is 6.61 Å². The van der Waals surface area contributed by atoms with Gasteiger partial charge in [0.25, 0.3) is 0 Å². The third-order valence-electron chi connectivity index (χ3n) is 2.57. The average Bonchev–Trinajstić information content (AvgIpc) is 2.39. The summed E-state index contributed by atoms with van der Waals surface area (Å²) in [6.45, 7) is 4.27. The molecule has 0 saturated carbocycles. The van der Waals surface area contributed by atoms with Gasteiger partial charge in [-0.25, -0.2) is 9.97 Å². The van der Waals surface area contributed by atoms with Gasteiger partial charge >= 0.3 is 0 Å². The number of aldehydes is 1. The molecule has 0 aliphatic carbocycles. The van der Waals surface area contributed by atoms with Crippen molar-refractivity contribution in [3.63, 3.8) is 0 Å². The van der Waals surface area contributed by atoms with Crippen LogP contribution in [-0.2, 0) is 0 Å². The first-order valence-corrected chi connectivity index (χ1v) is 6.26. The molecule has 0 bridgehead atoms. The summed E-state index contributed by atoms with van der Waals surface area (Å²) in [5, 5.41) is 0.173. The molecule has 0 fully saturated rings. The first-order chi connectivity index (χ1) is 9.15. The highest BCUT2D eigenvalue weighted by Gasteiger charge is 2.12. The zero-order valence-electron chi connectivity index (χ0n) is 10.7. The minimum atomic E-state index is 0.173. The molecular weight excluding hydrogens is 264 g/mol. The second-order valence-corrected chi connectivity index (χ2v) is 4.26. The van der Waals surface area contributed by atoms with Crippen LogP contribution in [0.15, 0.2) is 24.3 Å². The van der Waals surface area contributed by atoms with E-state index in [1.165, 1.54) is 0 Å². The highest BCUT2D eigenvalue weighted by atomic mass is 35.5. The topological polar surface area (TPSA) is 52.1 Å². The van der Waals surface area contributed by atoms with Crippen molar-refractivity contribution in [3.05, 3.63) is 40.8 Å². The summed E-state index contributed by atoms with van der Waals surface area (Å²) in [6, 6.07) is 7.35. The van der Waals surface area contributed by atoms with Gasteiger partial charge in [0.1, 0.15) is 16.7 Å². The van der Waals surface area contributed by atoms with Crippen molar-refractivity contribution in [1.82, 2.24) is 9.97 Å². The molecule has 0 aliphatic heterocycles. The summed E-state index contributed by atoms with van der Waals surface area (Å²) in [6.07, 6.45) is 0.674. The van der Waals surface area contributed by atoms with Gasteiger partial charge < -0.3 is 4.74 Å². The van der Waals surface area contributed by atoms with Crippen LogP contribution in [-0.4, -0.2) is 22.9 Å². The Morgan fingerprint density at radius 1 is 1.26 bits per heavy atom. The van der Waals surface area contributed by atoms with E-state index in [2.05, 4.69) is 9.97 Å². The molecule has 0 unspecified atom stereocenters. The van der Waals surface area contributed by atoms with E-state index in [0.29, 0.717) is 30.0 Å². The molecule has 2 rings (SSSR count). The number of carbonyl (C=O) groups is 1. The molecule has 1 aromatic heterocycles. The number of benzene rings is 1. The molecule has 1 heterocycles. The molecule has 19 heavy (non-hydrogen) atoms.